The first-order chi connectivity index (χ1) is 10.5. The maximum Gasteiger partial charge on any atom is 0.227 e. The summed E-state index contributed by atoms with van der Waals surface area (Å²) in [5.74, 6) is 1.55. The number of oxazole rings is 1. The van der Waals surface area contributed by atoms with Crippen molar-refractivity contribution in [2.24, 2.45) is 0 Å². The molecule has 4 heteroatoms. The minimum absolute atomic E-state index is 0. The molecule has 120 valence electrons. The Morgan fingerprint density at radius 3 is 1.87 bits per heavy atom. The molecule has 0 aliphatic rings. The normalized spacial score (nSPS) is 11.1. The van der Waals surface area contributed by atoms with E-state index >= 15 is 0 Å². The zero-order chi connectivity index (χ0) is 15.6. The van der Waals surface area contributed by atoms with E-state index in [1.54, 1.807) is 0 Å². The van der Waals surface area contributed by atoms with Gasteiger partial charge in [-0.2, -0.15) is 0 Å². The van der Waals surface area contributed by atoms with E-state index in [0.29, 0.717) is 5.89 Å². The first-order valence-electron chi connectivity index (χ1n) is 7.44. The topological polar surface area (TPSA) is 26.0 Å². The lowest BCUT2D eigenvalue weighted by Gasteiger charge is -2.22. The van der Waals surface area contributed by atoms with Crippen LogP contribution < -0.4 is 12.4 Å². The molecule has 0 unspecified atom stereocenters. The predicted molar refractivity (Wildman–Crippen MR) is 89.1 cm³/mol. The number of hydrogen-bond donors (Lipinski definition) is 0. The third-order valence-corrected chi connectivity index (χ3v) is 3.38. The largest absolute Gasteiger partial charge is 1.00 e. The Hall–Kier alpha value is -2.10. The first-order valence-corrected chi connectivity index (χ1v) is 7.44. The van der Waals surface area contributed by atoms with Gasteiger partial charge in [-0.3, -0.25) is 0 Å². The summed E-state index contributed by atoms with van der Waals surface area (Å²) in [6.45, 7) is 0.820. The number of nitrogens with zero attached hydrogens (tertiary/aromatic N) is 2. The highest BCUT2D eigenvalue weighted by Gasteiger charge is 2.21. The third-order valence-electron chi connectivity index (χ3n) is 3.38. The quantitative estimate of drug-likeness (QED) is 0.673. The van der Waals surface area contributed by atoms with Gasteiger partial charge in [0.25, 0.3) is 0 Å². The molecule has 0 aliphatic carbocycles. The van der Waals surface area contributed by atoms with Crippen LogP contribution >= 0.6 is 0 Å². The van der Waals surface area contributed by atoms with Gasteiger partial charge in [0.2, 0.25) is 5.89 Å². The minimum Gasteiger partial charge on any atom is -1.00 e. The lowest BCUT2D eigenvalue weighted by molar-refractivity contribution is -0.884. The van der Waals surface area contributed by atoms with Gasteiger partial charge in [-0.1, -0.05) is 48.5 Å². The summed E-state index contributed by atoms with van der Waals surface area (Å²) in [5.41, 5.74) is 3.07. The maximum absolute atomic E-state index is 6.11. The first kappa shape index (κ1) is 17.3. The van der Waals surface area contributed by atoms with Crippen LogP contribution in [0.25, 0.3) is 22.8 Å². The van der Waals surface area contributed by atoms with E-state index in [2.05, 4.69) is 33.3 Å². The molecule has 0 aliphatic heterocycles. The molecular weight excluding hydrogens is 308 g/mol. The summed E-state index contributed by atoms with van der Waals surface area (Å²) in [5, 5.41) is 0. The smallest absolute Gasteiger partial charge is 0.227 e. The Morgan fingerprint density at radius 2 is 1.35 bits per heavy atom. The molecule has 1 heterocycles. The molecule has 0 bridgehead atoms. The Bertz CT molecular complexity index is 746. The van der Waals surface area contributed by atoms with Crippen molar-refractivity contribution in [1.82, 2.24) is 4.98 Å². The van der Waals surface area contributed by atoms with Crippen molar-refractivity contribution in [2.75, 3.05) is 21.1 Å². The number of rotatable bonds is 4. The van der Waals surface area contributed by atoms with E-state index in [0.717, 1.165) is 33.6 Å². The lowest BCUT2D eigenvalue weighted by atomic mass is 10.1. The van der Waals surface area contributed by atoms with Crippen LogP contribution in [0.1, 0.15) is 5.69 Å². The SMILES string of the molecule is C[N+](C)(C)Cc1nc(-c2ccccc2)oc1-c1ccccc1.[Cl-]. The highest BCUT2D eigenvalue weighted by molar-refractivity contribution is 5.64. The summed E-state index contributed by atoms with van der Waals surface area (Å²) in [7, 11) is 6.48. The van der Waals surface area contributed by atoms with Crippen LogP contribution in [0.2, 0.25) is 0 Å². The van der Waals surface area contributed by atoms with Gasteiger partial charge < -0.3 is 21.3 Å². The molecule has 0 saturated carbocycles. The molecular formula is C19H21ClN2O. The molecule has 23 heavy (non-hydrogen) atoms. The van der Waals surface area contributed by atoms with Crippen LogP contribution in [0.15, 0.2) is 65.1 Å². The molecule has 3 nitrogen and oxygen atoms in total. The second kappa shape index (κ2) is 6.99. The summed E-state index contributed by atoms with van der Waals surface area (Å²) < 4.78 is 6.92. The van der Waals surface area contributed by atoms with Gasteiger partial charge in [0.1, 0.15) is 12.2 Å². The zero-order valence-electron chi connectivity index (χ0n) is 13.7. The van der Waals surface area contributed by atoms with Crippen molar-refractivity contribution in [1.29, 1.82) is 0 Å². The third kappa shape index (κ3) is 4.21. The molecule has 2 aromatic carbocycles. The maximum atomic E-state index is 6.11. The molecule has 0 spiro atoms. The van der Waals surface area contributed by atoms with E-state index in [1.807, 2.05) is 48.5 Å². The van der Waals surface area contributed by atoms with Crippen LogP contribution in [-0.4, -0.2) is 30.6 Å². The van der Waals surface area contributed by atoms with E-state index in [4.69, 9.17) is 9.40 Å². The van der Waals surface area contributed by atoms with E-state index in [1.165, 1.54) is 0 Å². The van der Waals surface area contributed by atoms with Crippen molar-refractivity contribution in [3.8, 4) is 22.8 Å². The second-order valence-corrected chi connectivity index (χ2v) is 6.48. The molecule has 0 atom stereocenters. The zero-order valence-corrected chi connectivity index (χ0v) is 14.4. The molecule has 1 aromatic heterocycles. The van der Waals surface area contributed by atoms with Crippen LogP contribution in [0.3, 0.4) is 0 Å². The molecule has 0 N–H and O–H groups in total. The predicted octanol–water partition coefficient (Wildman–Crippen LogP) is 1.22. The lowest BCUT2D eigenvalue weighted by Crippen LogP contribution is -3.00. The second-order valence-electron chi connectivity index (χ2n) is 6.48. The van der Waals surface area contributed by atoms with Crippen molar-refractivity contribution >= 4 is 0 Å². The van der Waals surface area contributed by atoms with Crippen molar-refractivity contribution in [3.05, 3.63) is 66.4 Å². The molecule has 0 radical (unpaired) electrons. The van der Waals surface area contributed by atoms with Crippen molar-refractivity contribution in [3.63, 3.8) is 0 Å². The standard InChI is InChI=1S/C19H21N2O.ClH/c1-21(2,3)14-17-18(15-10-6-4-7-11-15)22-19(20-17)16-12-8-5-9-13-16;/h4-13H,14H2,1-3H3;1H/q+1;/p-1. The summed E-state index contributed by atoms with van der Waals surface area (Å²) in [6, 6.07) is 20.2. The highest BCUT2D eigenvalue weighted by Crippen LogP contribution is 2.30. The molecule has 0 amide bonds. The summed E-state index contributed by atoms with van der Waals surface area (Å²) >= 11 is 0. The van der Waals surface area contributed by atoms with Crippen molar-refractivity contribution in [2.45, 2.75) is 6.54 Å². The Kier molecular flexibility index (Phi) is 5.24. The fourth-order valence-corrected chi connectivity index (χ4v) is 2.43. The van der Waals surface area contributed by atoms with Crippen LogP contribution in [0, 0.1) is 0 Å². The van der Waals surface area contributed by atoms with E-state index in [9.17, 15) is 0 Å². The Balaban J connectivity index is 0.00000192. The van der Waals surface area contributed by atoms with Crippen molar-refractivity contribution < 1.29 is 21.3 Å². The Labute approximate surface area is 143 Å². The van der Waals surface area contributed by atoms with Gasteiger partial charge in [0.15, 0.2) is 5.76 Å². The van der Waals surface area contributed by atoms with Gasteiger partial charge in [-0.15, -0.1) is 0 Å². The molecule has 0 fully saturated rings. The van der Waals surface area contributed by atoms with Crippen LogP contribution in [-0.2, 0) is 6.54 Å². The Morgan fingerprint density at radius 1 is 0.826 bits per heavy atom. The average Bonchev–Trinajstić information content (AvgIpc) is 2.91. The number of quaternary nitrogens is 1. The number of hydrogen-bond acceptors (Lipinski definition) is 2. The van der Waals surface area contributed by atoms with Crippen LogP contribution in [0.4, 0.5) is 0 Å². The average molecular weight is 329 g/mol. The summed E-state index contributed by atoms with van der Waals surface area (Å²) in [4.78, 5) is 4.76. The van der Waals surface area contributed by atoms with Gasteiger partial charge in [0.05, 0.1) is 21.1 Å². The minimum atomic E-state index is 0. The van der Waals surface area contributed by atoms with E-state index < -0.39 is 0 Å². The fraction of sp³-hybridized carbons (Fsp3) is 0.211. The van der Waals surface area contributed by atoms with Gasteiger partial charge in [-0.25, -0.2) is 4.98 Å². The summed E-state index contributed by atoms with van der Waals surface area (Å²) in [6.07, 6.45) is 0. The number of halogens is 1. The highest BCUT2D eigenvalue weighted by atomic mass is 35.5. The van der Waals surface area contributed by atoms with Gasteiger partial charge >= 0.3 is 0 Å². The number of benzene rings is 2. The number of aromatic nitrogens is 1. The van der Waals surface area contributed by atoms with Gasteiger partial charge in [0, 0.05) is 11.1 Å². The monoisotopic (exact) mass is 328 g/mol. The van der Waals surface area contributed by atoms with Gasteiger partial charge in [-0.05, 0) is 12.1 Å². The molecule has 3 aromatic rings. The molecule has 0 saturated heterocycles. The van der Waals surface area contributed by atoms with E-state index in [-0.39, 0.29) is 12.4 Å². The van der Waals surface area contributed by atoms with Crippen LogP contribution in [0.5, 0.6) is 0 Å². The molecule has 3 rings (SSSR count). The fourth-order valence-electron chi connectivity index (χ4n) is 2.43.